The number of aromatic nitrogens is 2. The van der Waals surface area contributed by atoms with Crippen LogP contribution in [0.25, 0.3) is 0 Å². The van der Waals surface area contributed by atoms with E-state index >= 15 is 0 Å². The van der Waals surface area contributed by atoms with Crippen molar-refractivity contribution >= 4 is 29.4 Å². The van der Waals surface area contributed by atoms with Crippen LogP contribution in [0.1, 0.15) is 13.8 Å². The Balaban J connectivity index is 2.21. The molecule has 0 atom stereocenters. The number of halogens is 2. The van der Waals surface area contributed by atoms with E-state index < -0.39 is 0 Å². The predicted octanol–water partition coefficient (Wildman–Crippen LogP) is 4.14. The molecule has 2 rings (SSSR count). The van der Waals surface area contributed by atoms with E-state index in [4.69, 9.17) is 11.6 Å². The van der Waals surface area contributed by atoms with Crippen LogP contribution < -0.4 is 0 Å². The van der Waals surface area contributed by atoms with Crippen LogP contribution in [0.4, 0.5) is 9.18 Å². The van der Waals surface area contributed by atoms with Crippen molar-refractivity contribution < 1.29 is 9.18 Å². The third-order valence-electron chi connectivity index (χ3n) is 2.88. The summed E-state index contributed by atoms with van der Waals surface area (Å²) in [5.41, 5.74) is 0. The van der Waals surface area contributed by atoms with Gasteiger partial charge in [0.05, 0.1) is 11.2 Å². The van der Waals surface area contributed by atoms with Crippen molar-refractivity contribution in [3.63, 3.8) is 0 Å². The molecule has 0 radical (unpaired) electrons. The minimum atomic E-state index is -0.324. The maximum absolute atomic E-state index is 13.2. The van der Waals surface area contributed by atoms with Crippen molar-refractivity contribution in [1.82, 2.24) is 14.7 Å². The highest BCUT2D eigenvalue weighted by Gasteiger charge is 2.17. The van der Waals surface area contributed by atoms with Crippen molar-refractivity contribution in [3.05, 3.63) is 41.3 Å². The first-order chi connectivity index (χ1) is 10.0. The van der Waals surface area contributed by atoms with Gasteiger partial charge in [-0.05, 0) is 32.0 Å². The van der Waals surface area contributed by atoms with Gasteiger partial charge in [0, 0.05) is 18.0 Å². The lowest BCUT2D eigenvalue weighted by Crippen LogP contribution is -2.34. The summed E-state index contributed by atoms with van der Waals surface area (Å²) in [6.45, 7) is 4.99. The van der Waals surface area contributed by atoms with E-state index in [-0.39, 0.29) is 11.8 Å². The fraction of sp³-hybridized carbons (Fsp3) is 0.286. The average Bonchev–Trinajstić information content (AvgIpc) is 2.81. The minimum Gasteiger partial charge on any atom is -0.323 e. The Morgan fingerprint density at radius 3 is 2.76 bits per heavy atom. The highest BCUT2D eigenvalue weighted by Crippen LogP contribution is 2.32. The molecule has 0 bridgehead atoms. The summed E-state index contributed by atoms with van der Waals surface area (Å²) in [4.78, 5) is 14.5. The molecule has 0 aliphatic rings. The molecule has 0 aliphatic heterocycles. The molecule has 2 aromatic rings. The lowest BCUT2D eigenvalue weighted by molar-refractivity contribution is 0.201. The smallest absolute Gasteiger partial charge is 0.323 e. The topological polar surface area (TPSA) is 38.1 Å². The Kier molecular flexibility index (Phi) is 5.25. The van der Waals surface area contributed by atoms with Gasteiger partial charge in [-0.25, -0.2) is 9.18 Å². The number of carbonyl (C=O) groups is 1. The van der Waals surface area contributed by atoms with E-state index in [0.717, 1.165) is 0 Å². The van der Waals surface area contributed by atoms with Crippen LogP contribution in [0.3, 0.4) is 0 Å². The van der Waals surface area contributed by atoms with Crippen LogP contribution in [0.15, 0.2) is 40.4 Å². The predicted molar refractivity (Wildman–Crippen MR) is 81.5 cm³/mol. The lowest BCUT2D eigenvalue weighted by atomic mass is 10.4. The third kappa shape index (κ3) is 3.77. The molecule has 0 aliphatic carbocycles. The van der Waals surface area contributed by atoms with Crippen molar-refractivity contribution in [1.29, 1.82) is 0 Å². The largest absolute Gasteiger partial charge is 0.344 e. The summed E-state index contributed by atoms with van der Waals surface area (Å²) < 4.78 is 14.4. The van der Waals surface area contributed by atoms with E-state index in [2.05, 4.69) is 5.10 Å². The molecule has 1 heterocycles. The van der Waals surface area contributed by atoms with Crippen molar-refractivity contribution in [2.45, 2.75) is 23.8 Å². The first kappa shape index (κ1) is 15.9. The third-order valence-corrected chi connectivity index (χ3v) is 4.25. The van der Waals surface area contributed by atoms with Crippen LogP contribution in [-0.4, -0.2) is 33.8 Å². The van der Waals surface area contributed by atoms with E-state index in [9.17, 15) is 9.18 Å². The van der Waals surface area contributed by atoms with Gasteiger partial charge in [0.15, 0.2) is 0 Å². The van der Waals surface area contributed by atoms with Crippen LogP contribution >= 0.6 is 23.4 Å². The first-order valence-electron chi connectivity index (χ1n) is 6.53. The summed E-state index contributed by atoms with van der Waals surface area (Å²) in [7, 11) is 0. The number of benzene rings is 1. The zero-order valence-corrected chi connectivity index (χ0v) is 13.3. The van der Waals surface area contributed by atoms with E-state index in [1.807, 2.05) is 13.8 Å². The molecule has 0 saturated heterocycles. The van der Waals surface area contributed by atoms with Crippen LogP contribution in [0, 0.1) is 5.82 Å². The zero-order valence-electron chi connectivity index (χ0n) is 11.7. The molecule has 4 nitrogen and oxygen atoms in total. The van der Waals surface area contributed by atoms with Gasteiger partial charge >= 0.3 is 6.03 Å². The second-order valence-corrected chi connectivity index (χ2v) is 5.71. The van der Waals surface area contributed by atoms with Gasteiger partial charge in [-0.2, -0.15) is 9.78 Å². The summed E-state index contributed by atoms with van der Waals surface area (Å²) >= 11 is 7.32. The van der Waals surface area contributed by atoms with Gasteiger partial charge < -0.3 is 4.90 Å². The molecular weight excluding hydrogens is 313 g/mol. The standard InChI is InChI=1S/C14H15ClFN3OS/c1-3-18(4-2)14(20)19-9-12(15)13(17-19)21-11-7-5-6-10(16)8-11/h5-9H,3-4H2,1-2H3. The lowest BCUT2D eigenvalue weighted by Gasteiger charge is -2.17. The van der Waals surface area contributed by atoms with Crippen LogP contribution in [0.5, 0.6) is 0 Å². The zero-order chi connectivity index (χ0) is 15.4. The van der Waals surface area contributed by atoms with Gasteiger partial charge in [0.25, 0.3) is 0 Å². The molecule has 21 heavy (non-hydrogen) atoms. The van der Waals surface area contributed by atoms with Crippen molar-refractivity contribution in [2.24, 2.45) is 0 Å². The SMILES string of the molecule is CCN(CC)C(=O)n1cc(Cl)c(Sc2cccc(F)c2)n1. The Morgan fingerprint density at radius 2 is 2.14 bits per heavy atom. The number of hydrogen-bond acceptors (Lipinski definition) is 3. The summed E-state index contributed by atoms with van der Waals surface area (Å²) in [5, 5.41) is 5.03. The van der Waals surface area contributed by atoms with Crippen molar-refractivity contribution in [2.75, 3.05) is 13.1 Å². The Hall–Kier alpha value is -1.53. The van der Waals surface area contributed by atoms with Gasteiger partial charge in [0.1, 0.15) is 10.8 Å². The molecule has 112 valence electrons. The molecule has 1 aromatic heterocycles. The number of nitrogens with zero attached hydrogens (tertiary/aromatic N) is 3. The number of carbonyl (C=O) groups excluding carboxylic acids is 1. The molecular formula is C14H15ClFN3OS. The number of amides is 1. The first-order valence-corrected chi connectivity index (χ1v) is 7.72. The molecule has 0 saturated carbocycles. The molecule has 1 aromatic carbocycles. The van der Waals surface area contributed by atoms with E-state index in [0.29, 0.717) is 28.0 Å². The van der Waals surface area contributed by atoms with Gasteiger partial charge in [-0.15, -0.1) is 0 Å². The van der Waals surface area contributed by atoms with Crippen molar-refractivity contribution in [3.8, 4) is 0 Å². The molecule has 0 spiro atoms. The van der Waals surface area contributed by atoms with Crippen LogP contribution in [-0.2, 0) is 0 Å². The molecule has 1 amide bonds. The maximum atomic E-state index is 13.2. The Bertz CT molecular complexity index is 643. The fourth-order valence-electron chi connectivity index (χ4n) is 1.79. The molecule has 0 unspecified atom stereocenters. The molecule has 7 heteroatoms. The van der Waals surface area contributed by atoms with E-state index in [1.165, 1.54) is 34.8 Å². The fourth-order valence-corrected chi connectivity index (χ4v) is 2.85. The normalized spacial score (nSPS) is 10.7. The Labute approximate surface area is 131 Å². The van der Waals surface area contributed by atoms with Gasteiger partial charge in [-0.1, -0.05) is 29.4 Å². The molecule has 0 N–H and O–H groups in total. The average molecular weight is 328 g/mol. The second-order valence-electron chi connectivity index (χ2n) is 4.24. The van der Waals surface area contributed by atoms with Gasteiger partial charge in [-0.3, -0.25) is 0 Å². The monoisotopic (exact) mass is 327 g/mol. The number of hydrogen-bond donors (Lipinski definition) is 0. The highest BCUT2D eigenvalue weighted by molar-refractivity contribution is 7.99. The maximum Gasteiger partial charge on any atom is 0.344 e. The number of rotatable bonds is 4. The Morgan fingerprint density at radius 1 is 1.43 bits per heavy atom. The van der Waals surface area contributed by atoms with Crippen LogP contribution in [0.2, 0.25) is 5.02 Å². The van der Waals surface area contributed by atoms with Gasteiger partial charge in [0.2, 0.25) is 0 Å². The molecule has 0 fully saturated rings. The quantitative estimate of drug-likeness (QED) is 0.847. The summed E-state index contributed by atoms with van der Waals surface area (Å²) in [6.07, 6.45) is 1.48. The second kappa shape index (κ2) is 6.95. The summed E-state index contributed by atoms with van der Waals surface area (Å²) in [6, 6.07) is 5.91. The summed E-state index contributed by atoms with van der Waals surface area (Å²) in [5.74, 6) is -0.324. The highest BCUT2D eigenvalue weighted by atomic mass is 35.5. The minimum absolute atomic E-state index is 0.229. The van der Waals surface area contributed by atoms with E-state index in [1.54, 1.807) is 17.0 Å².